The molecule has 3 aromatic rings. The molecule has 3 N–H and O–H groups in total. The molecule has 7 nitrogen and oxygen atoms in total. The number of aromatic nitrogens is 1. The van der Waals surface area contributed by atoms with Gasteiger partial charge >= 0.3 is 12.5 Å². The Bertz CT molecular complexity index is 1330. The topological polar surface area (TPSA) is 104 Å². The zero-order chi connectivity index (χ0) is 26.8. The summed E-state index contributed by atoms with van der Waals surface area (Å²) >= 11 is 5.96. The molecule has 0 saturated carbocycles. The first-order valence-electron chi connectivity index (χ1n) is 9.67. The lowest BCUT2D eigenvalue weighted by atomic mass is 10.00. The average molecular weight is 534 g/mol. The quantitative estimate of drug-likeness (QED) is 0.372. The molecule has 190 valence electrons. The van der Waals surface area contributed by atoms with Gasteiger partial charge in [-0.05, 0) is 48.9 Å². The molecule has 14 heteroatoms. The SMILES string of the molecule is Cc1c(C(F)(F)F)ccc(Oc2ccc(OC(F)(F)F)cc2Cl)c1C(=O)Nc1ccnc(C(N)=O)c1. The highest BCUT2D eigenvalue weighted by Gasteiger charge is 2.35. The number of halogens is 7. The molecule has 1 heterocycles. The van der Waals surface area contributed by atoms with Gasteiger partial charge in [-0.3, -0.25) is 14.6 Å². The van der Waals surface area contributed by atoms with Crippen molar-refractivity contribution in [3.63, 3.8) is 0 Å². The summed E-state index contributed by atoms with van der Waals surface area (Å²) < 4.78 is 87.1. The third-order valence-corrected chi connectivity index (χ3v) is 4.88. The molecular weight excluding hydrogens is 520 g/mol. The lowest BCUT2D eigenvalue weighted by Crippen LogP contribution is -2.19. The van der Waals surface area contributed by atoms with Crippen molar-refractivity contribution in [2.45, 2.75) is 19.5 Å². The molecule has 0 aliphatic carbocycles. The molecule has 0 aliphatic heterocycles. The molecule has 1 aromatic heterocycles. The van der Waals surface area contributed by atoms with Gasteiger partial charge in [-0.25, -0.2) is 0 Å². The standard InChI is InChI=1S/C22H14ClF6N3O4/c1-10-13(21(24,25)26)3-5-17(35-16-4-2-12(9-14(16)23)36-22(27,28)29)18(10)20(34)32-11-6-7-31-15(8-11)19(30)33/h2-9H,1H3,(H2,30,33)(H,31,32,34). The fraction of sp³-hybridized carbons (Fsp3) is 0.136. The number of anilines is 1. The smallest absolute Gasteiger partial charge is 0.455 e. The number of nitrogens with one attached hydrogen (secondary N) is 1. The van der Waals surface area contributed by atoms with Crippen LogP contribution >= 0.6 is 11.6 Å². The number of alkyl halides is 6. The minimum Gasteiger partial charge on any atom is -0.455 e. The molecule has 0 unspecified atom stereocenters. The van der Waals surface area contributed by atoms with Crippen LogP contribution in [0.5, 0.6) is 17.2 Å². The van der Waals surface area contributed by atoms with Gasteiger partial charge in [-0.15, -0.1) is 13.2 Å². The van der Waals surface area contributed by atoms with Crippen molar-refractivity contribution in [2.24, 2.45) is 5.73 Å². The highest BCUT2D eigenvalue weighted by Crippen LogP contribution is 2.40. The summed E-state index contributed by atoms with van der Waals surface area (Å²) in [5.74, 6) is -3.27. The molecule has 36 heavy (non-hydrogen) atoms. The first-order chi connectivity index (χ1) is 16.7. The number of pyridine rings is 1. The van der Waals surface area contributed by atoms with E-state index in [4.69, 9.17) is 22.1 Å². The van der Waals surface area contributed by atoms with Gasteiger partial charge in [0.05, 0.1) is 16.1 Å². The normalized spacial score (nSPS) is 11.7. The Kier molecular flexibility index (Phi) is 7.34. The molecule has 2 amide bonds. The third kappa shape index (κ3) is 6.36. The first kappa shape index (κ1) is 26.6. The molecule has 3 rings (SSSR count). The van der Waals surface area contributed by atoms with E-state index in [0.717, 1.165) is 43.5 Å². The number of carbonyl (C=O) groups excluding carboxylic acids is 2. The minimum absolute atomic E-state index is 0.00162. The average Bonchev–Trinajstić information content (AvgIpc) is 2.73. The number of rotatable bonds is 6. The Labute approximate surface area is 203 Å². The maximum Gasteiger partial charge on any atom is 0.573 e. The van der Waals surface area contributed by atoms with Crippen molar-refractivity contribution in [3.8, 4) is 17.2 Å². The second-order valence-electron chi connectivity index (χ2n) is 7.10. The zero-order valence-electron chi connectivity index (χ0n) is 17.9. The Morgan fingerprint density at radius 3 is 2.25 bits per heavy atom. The van der Waals surface area contributed by atoms with Crippen molar-refractivity contribution in [3.05, 3.63) is 76.1 Å². The summed E-state index contributed by atoms with van der Waals surface area (Å²) in [6, 6.07) is 6.55. The van der Waals surface area contributed by atoms with Crippen LogP contribution in [0, 0.1) is 6.92 Å². The lowest BCUT2D eigenvalue weighted by Gasteiger charge is -2.19. The van der Waals surface area contributed by atoms with Gasteiger partial charge in [0, 0.05) is 18.0 Å². The van der Waals surface area contributed by atoms with Crippen molar-refractivity contribution in [1.82, 2.24) is 4.98 Å². The molecular formula is C22H14ClF6N3O4. The molecule has 0 atom stereocenters. The van der Waals surface area contributed by atoms with Crippen LogP contribution in [0.3, 0.4) is 0 Å². The Morgan fingerprint density at radius 1 is 1.00 bits per heavy atom. The van der Waals surface area contributed by atoms with Crippen LogP contribution in [0.2, 0.25) is 5.02 Å². The number of amides is 2. The molecule has 0 radical (unpaired) electrons. The Hall–Kier alpha value is -4.00. The molecule has 0 fully saturated rings. The van der Waals surface area contributed by atoms with Gasteiger partial charge in [-0.2, -0.15) is 13.2 Å². The number of primary amides is 1. The zero-order valence-corrected chi connectivity index (χ0v) is 18.7. The van der Waals surface area contributed by atoms with E-state index in [0.29, 0.717) is 6.07 Å². The van der Waals surface area contributed by atoms with Crippen molar-refractivity contribution < 1.29 is 45.4 Å². The number of benzene rings is 2. The van der Waals surface area contributed by atoms with Crippen LogP contribution in [-0.4, -0.2) is 23.2 Å². The first-order valence-corrected chi connectivity index (χ1v) is 10.0. The number of nitrogens with zero attached hydrogens (tertiary/aromatic N) is 1. The predicted octanol–water partition coefficient (Wildman–Crippen LogP) is 6.10. The molecule has 0 aliphatic rings. The van der Waals surface area contributed by atoms with Gasteiger partial charge in [0.15, 0.2) is 0 Å². The van der Waals surface area contributed by atoms with E-state index in [1.807, 2.05) is 0 Å². The maximum absolute atomic E-state index is 13.5. The molecule has 2 aromatic carbocycles. The summed E-state index contributed by atoms with van der Waals surface area (Å²) in [5.41, 5.74) is 2.75. The summed E-state index contributed by atoms with van der Waals surface area (Å²) in [5, 5.41) is 1.96. The van der Waals surface area contributed by atoms with Gasteiger partial charge in [0.2, 0.25) is 0 Å². The van der Waals surface area contributed by atoms with Crippen LogP contribution < -0.4 is 20.5 Å². The molecule has 0 saturated heterocycles. The summed E-state index contributed by atoms with van der Waals surface area (Å²) in [6.07, 6.45) is -8.65. The van der Waals surface area contributed by atoms with Crippen LogP contribution in [0.15, 0.2) is 48.7 Å². The fourth-order valence-electron chi connectivity index (χ4n) is 3.08. The highest BCUT2D eigenvalue weighted by molar-refractivity contribution is 6.32. The van der Waals surface area contributed by atoms with Crippen molar-refractivity contribution in [1.29, 1.82) is 0 Å². The Morgan fingerprint density at radius 2 is 1.67 bits per heavy atom. The fourth-order valence-corrected chi connectivity index (χ4v) is 3.29. The highest BCUT2D eigenvalue weighted by atomic mass is 35.5. The maximum atomic E-state index is 13.5. The number of hydrogen-bond acceptors (Lipinski definition) is 5. The van der Waals surface area contributed by atoms with E-state index in [1.54, 1.807) is 0 Å². The van der Waals surface area contributed by atoms with Gasteiger partial charge in [-0.1, -0.05) is 11.6 Å². The van der Waals surface area contributed by atoms with E-state index in [-0.39, 0.29) is 27.9 Å². The number of nitrogens with two attached hydrogens (primary N) is 1. The summed E-state index contributed by atoms with van der Waals surface area (Å²) in [4.78, 5) is 28.1. The van der Waals surface area contributed by atoms with Crippen LogP contribution in [0.1, 0.15) is 32.0 Å². The van der Waals surface area contributed by atoms with E-state index >= 15 is 0 Å². The van der Waals surface area contributed by atoms with E-state index in [2.05, 4.69) is 15.0 Å². The second kappa shape index (κ2) is 9.93. The minimum atomic E-state index is -4.98. The van der Waals surface area contributed by atoms with Crippen LogP contribution in [0.25, 0.3) is 0 Å². The van der Waals surface area contributed by atoms with Gasteiger partial charge < -0.3 is 20.5 Å². The van der Waals surface area contributed by atoms with E-state index < -0.39 is 46.8 Å². The van der Waals surface area contributed by atoms with E-state index in [1.165, 1.54) is 6.07 Å². The Balaban J connectivity index is 2.02. The largest absolute Gasteiger partial charge is 0.573 e. The van der Waals surface area contributed by atoms with E-state index in [9.17, 15) is 35.9 Å². The second-order valence-corrected chi connectivity index (χ2v) is 7.51. The predicted molar refractivity (Wildman–Crippen MR) is 115 cm³/mol. The number of ether oxygens (including phenoxy) is 2. The van der Waals surface area contributed by atoms with Crippen LogP contribution in [0.4, 0.5) is 32.0 Å². The van der Waals surface area contributed by atoms with Crippen molar-refractivity contribution >= 4 is 29.1 Å². The molecule has 0 bridgehead atoms. The van der Waals surface area contributed by atoms with Crippen molar-refractivity contribution in [2.75, 3.05) is 5.32 Å². The summed E-state index contributed by atoms with van der Waals surface area (Å²) in [7, 11) is 0. The van der Waals surface area contributed by atoms with Crippen LogP contribution in [-0.2, 0) is 6.18 Å². The van der Waals surface area contributed by atoms with Gasteiger partial charge in [0.1, 0.15) is 22.9 Å². The monoisotopic (exact) mass is 533 g/mol. The summed E-state index contributed by atoms with van der Waals surface area (Å²) in [6.45, 7) is 1.04. The number of hydrogen-bond donors (Lipinski definition) is 2. The lowest BCUT2D eigenvalue weighted by molar-refractivity contribution is -0.274. The van der Waals surface area contributed by atoms with Gasteiger partial charge in [0.25, 0.3) is 11.8 Å². The number of carbonyl (C=O) groups is 2. The third-order valence-electron chi connectivity index (χ3n) is 4.59. The molecule has 0 spiro atoms.